The molecule has 0 aromatic carbocycles. The zero-order valence-corrected chi connectivity index (χ0v) is 8.26. The van der Waals surface area contributed by atoms with Gasteiger partial charge in [-0.15, -0.1) is 0 Å². The van der Waals surface area contributed by atoms with Crippen LogP contribution in [0.4, 0.5) is 0 Å². The van der Waals surface area contributed by atoms with E-state index in [1.807, 2.05) is 0 Å². The first-order chi connectivity index (χ1) is 3.56. The van der Waals surface area contributed by atoms with Crippen LogP contribution in [0, 0.1) is 6.92 Å². The lowest BCUT2D eigenvalue weighted by Crippen LogP contribution is -2.02. The molecule has 0 atom stereocenters. The van der Waals surface area contributed by atoms with Crippen molar-refractivity contribution in [3.05, 3.63) is 6.92 Å². The van der Waals surface area contributed by atoms with E-state index in [4.69, 9.17) is 0 Å². The van der Waals surface area contributed by atoms with Gasteiger partial charge in [0, 0.05) is 0 Å². The van der Waals surface area contributed by atoms with Crippen LogP contribution in [0.3, 0.4) is 0 Å². The van der Waals surface area contributed by atoms with Crippen molar-refractivity contribution < 1.29 is 0 Å². The Balaban J connectivity index is 3.11. The van der Waals surface area contributed by atoms with Gasteiger partial charge in [0.1, 0.15) is 0 Å². The zero-order valence-electron chi connectivity index (χ0n) is 5.08. The number of unbranched alkanes of at least 4 members (excludes halogenated alkanes) is 1. The lowest BCUT2D eigenvalue weighted by molar-refractivity contribution is 0.725. The largest absolute Gasteiger partial charge is 0.0806 e. The fourth-order valence-electron chi connectivity index (χ4n) is 0.435. The molecule has 0 aromatic heterocycles. The summed E-state index contributed by atoms with van der Waals surface area (Å²) in [7, 11) is 0. The van der Waals surface area contributed by atoms with Crippen LogP contribution < -0.4 is 0 Å². The van der Waals surface area contributed by atoms with Gasteiger partial charge in [0.25, 0.3) is 0 Å². The molecular weight excluding hydrogens is 232 g/mol. The van der Waals surface area contributed by atoms with Gasteiger partial charge in [0.15, 0.2) is 0 Å². The molecule has 0 fully saturated rings. The Bertz CT molecular complexity index is 54.0. The Labute approximate surface area is 68.3 Å². The molecule has 0 bridgehead atoms. The molecule has 0 N–H and O–H groups in total. The number of halogens is 2. The topological polar surface area (TPSA) is 0 Å². The Hall–Kier alpha value is 0.960. The molecule has 2 heteroatoms. The summed E-state index contributed by atoms with van der Waals surface area (Å²) in [5.41, 5.74) is 0. The van der Waals surface area contributed by atoms with E-state index in [-0.39, 0.29) is 3.23 Å². The van der Waals surface area contributed by atoms with E-state index in [9.17, 15) is 0 Å². The Morgan fingerprint density at radius 3 is 2.12 bits per heavy atom. The fourth-order valence-corrected chi connectivity index (χ4v) is 0.996. The van der Waals surface area contributed by atoms with E-state index in [1.165, 1.54) is 12.8 Å². The first-order valence-electron chi connectivity index (χ1n) is 2.79. The van der Waals surface area contributed by atoms with Crippen molar-refractivity contribution in [3.8, 4) is 0 Å². The van der Waals surface area contributed by atoms with Crippen molar-refractivity contribution in [1.29, 1.82) is 0 Å². The summed E-state index contributed by atoms with van der Waals surface area (Å²) >= 11 is 6.77. The highest BCUT2D eigenvalue weighted by Crippen LogP contribution is 2.30. The minimum absolute atomic E-state index is 0.0734. The van der Waals surface area contributed by atoms with Crippen molar-refractivity contribution in [1.82, 2.24) is 0 Å². The molecule has 0 spiro atoms. The summed E-state index contributed by atoms with van der Waals surface area (Å²) in [4.78, 5) is 0. The van der Waals surface area contributed by atoms with Crippen molar-refractivity contribution in [2.45, 2.75) is 29.4 Å². The highest BCUT2D eigenvalue weighted by Gasteiger charge is 2.12. The summed E-state index contributed by atoms with van der Waals surface area (Å²) in [6.07, 6.45) is 3.54. The second kappa shape index (κ2) is 3.89. The van der Waals surface area contributed by atoms with Gasteiger partial charge >= 0.3 is 0 Å². The van der Waals surface area contributed by atoms with Gasteiger partial charge in [0.2, 0.25) is 0 Å². The summed E-state index contributed by atoms with van der Waals surface area (Å²) < 4.78 is -0.0734. The van der Waals surface area contributed by atoms with Crippen LogP contribution in [-0.2, 0) is 0 Å². The molecule has 0 heterocycles. The van der Waals surface area contributed by atoms with Crippen molar-refractivity contribution in [2.75, 3.05) is 0 Å². The molecule has 0 aliphatic rings. The van der Waals surface area contributed by atoms with Crippen molar-refractivity contribution >= 4 is 31.9 Å². The maximum absolute atomic E-state index is 3.84. The average Bonchev–Trinajstić information content (AvgIpc) is 1.59. The lowest BCUT2D eigenvalue weighted by atomic mass is 10.2. The Morgan fingerprint density at radius 2 is 2.00 bits per heavy atom. The highest BCUT2D eigenvalue weighted by atomic mass is 79.9. The summed E-state index contributed by atoms with van der Waals surface area (Å²) in [6, 6.07) is 0. The normalized spacial score (nSPS) is 12.0. The maximum Gasteiger partial charge on any atom is 0.0806 e. The van der Waals surface area contributed by atoms with Crippen LogP contribution >= 0.6 is 31.9 Å². The standard InChI is InChI=1S/C6H11Br2/c1-3-4-5-6(2,7)8/h2-5H2,1H3. The van der Waals surface area contributed by atoms with Crippen LogP contribution in [0.1, 0.15) is 26.2 Å². The van der Waals surface area contributed by atoms with E-state index in [2.05, 4.69) is 45.7 Å². The molecule has 0 saturated carbocycles. The van der Waals surface area contributed by atoms with Gasteiger partial charge in [-0.1, -0.05) is 51.6 Å². The first-order valence-corrected chi connectivity index (χ1v) is 4.38. The van der Waals surface area contributed by atoms with Crippen molar-refractivity contribution in [2.24, 2.45) is 0 Å². The maximum atomic E-state index is 3.84. The van der Waals surface area contributed by atoms with E-state index in [1.54, 1.807) is 0 Å². The highest BCUT2D eigenvalue weighted by molar-refractivity contribution is 9.25. The van der Waals surface area contributed by atoms with Crippen LogP contribution in [0.25, 0.3) is 0 Å². The zero-order chi connectivity index (χ0) is 6.62. The van der Waals surface area contributed by atoms with E-state index >= 15 is 0 Å². The molecule has 0 amide bonds. The minimum Gasteiger partial charge on any atom is -0.0727 e. The minimum atomic E-state index is -0.0734. The molecule has 0 unspecified atom stereocenters. The molecule has 0 aromatic rings. The first kappa shape index (κ1) is 8.96. The van der Waals surface area contributed by atoms with Crippen LogP contribution in [0.2, 0.25) is 0 Å². The van der Waals surface area contributed by atoms with Gasteiger partial charge < -0.3 is 0 Å². The smallest absolute Gasteiger partial charge is 0.0727 e. The quantitative estimate of drug-likeness (QED) is 0.665. The van der Waals surface area contributed by atoms with Crippen LogP contribution in [0.15, 0.2) is 0 Å². The second-order valence-corrected chi connectivity index (χ2v) is 6.06. The number of hydrogen-bond donors (Lipinski definition) is 0. The third kappa shape index (κ3) is 6.96. The third-order valence-corrected chi connectivity index (χ3v) is 1.69. The molecule has 1 radical (unpaired) electrons. The van der Waals surface area contributed by atoms with Crippen molar-refractivity contribution in [3.63, 3.8) is 0 Å². The van der Waals surface area contributed by atoms with Crippen LogP contribution in [-0.4, -0.2) is 3.23 Å². The van der Waals surface area contributed by atoms with Gasteiger partial charge in [0.05, 0.1) is 3.23 Å². The molecule has 0 aliphatic heterocycles. The fraction of sp³-hybridized carbons (Fsp3) is 0.833. The van der Waals surface area contributed by atoms with E-state index in [0.717, 1.165) is 6.42 Å². The molecule has 0 nitrogen and oxygen atoms in total. The molecule has 8 heavy (non-hydrogen) atoms. The monoisotopic (exact) mass is 241 g/mol. The molecule has 0 saturated heterocycles. The van der Waals surface area contributed by atoms with Gasteiger partial charge in [-0.3, -0.25) is 0 Å². The Morgan fingerprint density at radius 1 is 1.50 bits per heavy atom. The number of alkyl halides is 2. The molecule has 49 valence electrons. The third-order valence-electron chi connectivity index (χ3n) is 0.896. The van der Waals surface area contributed by atoms with Gasteiger partial charge in [-0.05, 0) is 13.3 Å². The van der Waals surface area contributed by atoms with E-state index < -0.39 is 0 Å². The summed E-state index contributed by atoms with van der Waals surface area (Å²) in [5.74, 6) is 0. The van der Waals surface area contributed by atoms with Crippen LogP contribution in [0.5, 0.6) is 0 Å². The lowest BCUT2D eigenvalue weighted by Gasteiger charge is -2.11. The second-order valence-electron chi connectivity index (χ2n) is 1.96. The summed E-state index contributed by atoms with van der Waals surface area (Å²) in [5, 5.41) is 0. The molecule has 0 rings (SSSR count). The Kier molecular flexibility index (Phi) is 4.35. The van der Waals surface area contributed by atoms with Gasteiger partial charge in [-0.2, -0.15) is 0 Å². The molecule has 0 aliphatic carbocycles. The van der Waals surface area contributed by atoms with E-state index in [0.29, 0.717) is 0 Å². The SMILES string of the molecule is [CH2]C(Br)(Br)CCCC. The van der Waals surface area contributed by atoms with Gasteiger partial charge in [-0.25, -0.2) is 0 Å². The number of rotatable bonds is 3. The molecular formula is C6H11Br2. The summed E-state index contributed by atoms with van der Waals surface area (Å²) in [6.45, 7) is 6.01. The predicted octanol–water partition coefficient (Wildman–Crippen LogP) is 3.50. The average molecular weight is 243 g/mol. The predicted molar refractivity (Wildman–Crippen MR) is 45.5 cm³/mol. The number of hydrogen-bond acceptors (Lipinski definition) is 0.